The smallest absolute Gasteiger partial charge is 0.408 e. The van der Waals surface area contributed by atoms with Crippen molar-refractivity contribution in [3.63, 3.8) is 0 Å². The predicted molar refractivity (Wildman–Crippen MR) is 204 cm³/mol. The molecule has 15 nitrogen and oxygen atoms in total. The highest BCUT2D eigenvalue weighted by Gasteiger charge is 2.78. The number of fused-ring (bicyclic) bond motifs is 5. The molecule has 0 spiro atoms. The normalized spacial score (nSPS) is 33.7. The summed E-state index contributed by atoms with van der Waals surface area (Å²) >= 11 is 0. The van der Waals surface area contributed by atoms with Crippen molar-refractivity contribution in [2.24, 2.45) is 16.7 Å². The minimum atomic E-state index is -2.35. The molecule has 0 aromatic heterocycles. The number of benzene rings is 2. The molecule has 1 heterocycles. The maximum absolute atomic E-state index is 14.9. The first kappa shape index (κ1) is 42.9. The topological polar surface area (TPSA) is 224 Å². The molecule has 2 aromatic carbocycles. The second-order valence-corrected chi connectivity index (χ2v) is 17.6. The number of rotatable bonds is 8. The Morgan fingerprint density at radius 2 is 1.55 bits per heavy atom. The Labute approximate surface area is 336 Å². The molecule has 11 atom stereocenters. The van der Waals surface area contributed by atoms with E-state index in [0.717, 1.165) is 6.92 Å². The minimum Gasteiger partial charge on any atom is -0.456 e. The number of nitrogens with one attached hydrogen (secondary N) is 1. The monoisotopic (exact) mass is 807 g/mol. The Kier molecular flexibility index (Phi) is 11.2. The molecule has 1 saturated heterocycles. The summed E-state index contributed by atoms with van der Waals surface area (Å²) < 4.78 is 29.5. The number of hydrogen-bond donors (Lipinski definition) is 5. The molecule has 0 unspecified atom stereocenters. The average Bonchev–Trinajstić information content (AvgIpc) is 3.14. The third-order valence-electron chi connectivity index (χ3n) is 12.6. The van der Waals surface area contributed by atoms with E-state index in [2.05, 4.69) is 5.32 Å². The van der Waals surface area contributed by atoms with Gasteiger partial charge in [-0.25, -0.2) is 14.4 Å². The second kappa shape index (κ2) is 15.2. The van der Waals surface area contributed by atoms with Crippen LogP contribution >= 0.6 is 0 Å². The Balaban J connectivity index is 1.49. The zero-order valence-electron chi connectivity index (χ0n) is 33.9. The Hall–Kier alpha value is -4.67. The van der Waals surface area contributed by atoms with Crippen molar-refractivity contribution in [1.82, 2.24) is 5.32 Å². The summed E-state index contributed by atoms with van der Waals surface area (Å²) in [5, 5.41) is 51.6. The van der Waals surface area contributed by atoms with Crippen LogP contribution in [0.5, 0.6) is 0 Å². The van der Waals surface area contributed by atoms with Crippen molar-refractivity contribution in [2.75, 3.05) is 6.61 Å². The van der Waals surface area contributed by atoms with Gasteiger partial charge in [-0.15, -0.1) is 0 Å². The lowest BCUT2D eigenvalue weighted by Gasteiger charge is -2.67. The van der Waals surface area contributed by atoms with Crippen LogP contribution in [0, 0.1) is 16.7 Å². The first-order valence-electron chi connectivity index (χ1n) is 19.3. The molecule has 15 heteroatoms. The summed E-state index contributed by atoms with van der Waals surface area (Å²) in [6, 6.07) is 14.6. The Morgan fingerprint density at radius 3 is 2.10 bits per heavy atom. The van der Waals surface area contributed by atoms with Gasteiger partial charge < -0.3 is 49.4 Å². The highest BCUT2D eigenvalue weighted by molar-refractivity contribution is 5.94. The standard InChI is InChI=1S/C43H53NO14/c1-22-26(55-37(51)32(48)30(24-15-11-9-12-16-24)44-38(52)58-39(3,4)5)20-43(53)35(56-36(50)25-17-13-10-14-18-25)33-41(8,34(49)31(47)29(22)40(43,6)7)27(46)19-28-42(33,21-54-28)57-23(2)45/h9-18,26-28,30-33,35,46-48,53H,19-21H2,1-8H3,(H,44,52)/t26-,27-,28-,30+,31+,32-,33+,35-,41-,42-,43-/m1/s1. The zero-order chi connectivity index (χ0) is 42.7. The first-order valence-corrected chi connectivity index (χ1v) is 19.3. The number of amides is 1. The van der Waals surface area contributed by atoms with Gasteiger partial charge in [-0.1, -0.05) is 62.4 Å². The van der Waals surface area contributed by atoms with Crippen molar-refractivity contribution >= 4 is 29.8 Å². The summed E-state index contributed by atoms with van der Waals surface area (Å²) in [7, 11) is 0. The molecule has 3 aliphatic carbocycles. The van der Waals surface area contributed by atoms with Gasteiger partial charge in [0.15, 0.2) is 17.5 Å². The number of aliphatic hydroxyl groups is 4. The second-order valence-electron chi connectivity index (χ2n) is 17.6. The van der Waals surface area contributed by atoms with Crippen molar-refractivity contribution in [3.05, 3.63) is 82.9 Å². The lowest BCUT2D eigenvalue weighted by Crippen LogP contribution is -2.81. The number of ketones is 1. The van der Waals surface area contributed by atoms with Crippen LogP contribution in [0.3, 0.4) is 0 Å². The minimum absolute atomic E-state index is 0.0637. The molecule has 1 aliphatic heterocycles. The highest BCUT2D eigenvalue weighted by Crippen LogP contribution is 2.64. The number of esters is 3. The van der Waals surface area contributed by atoms with E-state index in [9.17, 15) is 44.4 Å². The van der Waals surface area contributed by atoms with Crippen LogP contribution in [-0.2, 0) is 38.1 Å². The van der Waals surface area contributed by atoms with E-state index in [-0.39, 0.29) is 29.7 Å². The molecule has 0 radical (unpaired) electrons. The van der Waals surface area contributed by atoms with Crippen LogP contribution in [0.2, 0.25) is 0 Å². The van der Waals surface area contributed by atoms with Crippen LogP contribution in [0.4, 0.5) is 4.79 Å². The molecular weight excluding hydrogens is 754 g/mol. The lowest BCUT2D eigenvalue weighted by atomic mass is 9.44. The number of carbonyl (C=O) groups excluding carboxylic acids is 5. The molecule has 58 heavy (non-hydrogen) atoms. The van der Waals surface area contributed by atoms with E-state index in [4.69, 9.17) is 23.7 Å². The van der Waals surface area contributed by atoms with E-state index in [1.54, 1.807) is 83.1 Å². The third kappa shape index (κ3) is 7.10. The number of Topliss-reactive ketones (excluding diaryl/α,β-unsaturated/α-hetero) is 1. The molecule has 2 aromatic rings. The number of ether oxygens (including phenoxy) is 5. The Morgan fingerprint density at radius 1 is 0.948 bits per heavy atom. The quantitative estimate of drug-likeness (QED) is 0.147. The van der Waals surface area contributed by atoms with Gasteiger partial charge in [0.1, 0.15) is 35.6 Å². The van der Waals surface area contributed by atoms with Gasteiger partial charge in [0.2, 0.25) is 0 Å². The van der Waals surface area contributed by atoms with Crippen LogP contribution < -0.4 is 5.32 Å². The molecule has 314 valence electrons. The molecule has 2 saturated carbocycles. The van der Waals surface area contributed by atoms with Crippen LogP contribution in [0.25, 0.3) is 0 Å². The SMILES string of the molecule is CC(=O)O[C@]12CO[C@@H]1C[C@@H](O)[C@@]1(C)C(=O)[C@@H](O)C3=C(C)[C@H](OC(=O)[C@H](O)[C@@H](NC(=O)OC(C)(C)C)c4ccccc4)C[C@@](O)([C@H](OC(=O)c4ccccc4)[C@H]21)C3(C)C. The van der Waals surface area contributed by atoms with E-state index in [1.807, 2.05) is 0 Å². The van der Waals surface area contributed by atoms with Crippen LogP contribution in [-0.4, -0.2) is 110 Å². The molecule has 5 N–H and O–H groups in total. The largest absolute Gasteiger partial charge is 0.456 e. The molecular formula is C43H53NO14. The molecule has 6 rings (SSSR count). The van der Waals surface area contributed by atoms with Gasteiger partial charge in [0.05, 0.1) is 35.6 Å². The fraction of sp³-hybridized carbons (Fsp3) is 0.558. The van der Waals surface area contributed by atoms with Gasteiger partial charge >= 0.3 is 24.0 Å². The van der Waals surface area contributed by atoms with Crippen molar-refractivity contribution in [1.29, 1.82) is 0 Å². The fourth-order valence-corrected chi connectivity index (χ4v) is 9.56. The maximum Gasteiger partial charge on any atom is 0.408 e. The first-order chi connectivity index (χ1) is 27.0. The van der Waals surface area contributed by atoms with Gasteiger partial charge in [0.25, 0.3) is 0 Å². The average molecular weight is 808 g/mol. The van der Waals surface area contributed by atoms with Gasteiger partial charge in [0, 0.05) is 25.2 Å². The van der Waals surface area contributed by atoms with Gasteiger partial charge in [-0.2, -0.15) is 0 Å². The van der Waals surface area contributed by atoms with E-state index >= 15 is 0 Å². The summed E-state index contributed by atoms with van der Waals surface area (Å²) in [6.45, 7) is 11.8. The van der Waals surface area contributed by atoms with Crippen LogP contribution in [0.1, 0.15) is 90.2 Å². The highest BCUT2D eigenvalue weighted by atomic mass is 16.6. The van der Waals surface area contributed by atoms with Gasteiger partial charge in [-0.05, 0) is 63.5 Å². The molecule has 1 amide bonds. The van der Waals surface area contributed by atoms with E-state index < -0.39 is 112 Å². The zero-order valence-corrected chi connectivity index (χ0v) is 33.9. The predicted octanol–water partition coefficient (Wildman–Crippen LogP) is 3.26. The Bertz CT molecular complexity index is 1980. The molecule has 4 aliphatic rings. The molecule has 2 bridgehead atoms. The van der Waals surface area contributed by atoms with Crippen LogP contribution in [0.15, 0.2) is 71.8 Å². The molecule has 3 fully saturated rings. The van der Waals surface area contributed by atoms with Gasteiger partial charge in [-0.3, -0.25) is 9.59 Å². The number of alkyl carbamates (subject to hydrolysis) is 1. The number of aliphatic hydroxyl groups excluding tert-OH is 3. The summed E-state index contributed by atoms with van der Waals surface area (Å²) in [5.41, 5.74) is -8.14. The van der Waals surface area contributed by atoms with E-state index in [1.165, 1.54) is 26.0 Å². The number of hydrogen-bond acceptors (Lipinski definition) is 14. The van der Waals surface area contributed by atoms with Crippen molar-refractivity contribution in [3.8, 4) is 0 Å². The lowest BCUT2D eigenvalue weighted by molar-refractivity contribution is -0.346. The van der Waals surface area contributed by atoms with E-state index in [0.29, 0.717) is 5.56 Å². The summed E-state index contributed by atoms with van der Waals surface area (Å²) in [4.78, 5) is 68.9. The number of carbonyl (C=O) groups is 5. The third-order valence-corrected chi connectivity index (χ3v) is 12.6. The summed E-state index contributed by atoms with van der Waals surface area (Å²) in [5.74, 6) is -5.36. The summed E-state index contributed by atoms with van der Waals surface area (Å²) in [6.07, 6.45) is -11.5. The fourth-order valence-electron chi connectivity index (χ4n) is 9.56. The maximum atomic E-state index is 14.9. The van der Waals surface area contributed by atoms with Crippen molar-refractivity contribution < 1.29 is 68.1 Å². The van der Waals surface area contributed by atoms with Crippen molar-refractivity contribution in [2.45, 2.75) is 128 Å².